The summed E-state index contributed by atoms with van der Waals surface area (Å²) in [6, 6.07) is 17.9. The molecule has 0 aliphatic carbocycles. The second kappa shape index (κ2) is 9.39. The van der Waals surface area contributed by atoms with Crippen LogP contribution in [0.25, 0.3) is 0 Å². The molecule has 6 heteroatoms. The number of carbonyl (C=O) groups excluding carboxylic acids is 1. The molecular weight excluding hydrogens is 432 g/mol. The average Bonchev–Trinajstić information content (AvgIpc) is 3.20. The molecule has 0 unspecified atom stereocenters. The fourth-order valence-electron chi connectivity index (χ4n) is 4.23. The van der Waals surface area contributed by atoms with Gasteiger partial charge >= 0.3 is 0 Å². The van der Waals surface area contributed by atoms with Crippen LogP contribution in [0.5, 0.6) is 0 Å². The predicted molar refractivity (Wildman–Crippen MR) is 117 cm³/mol. The number of nitrogens with one attached hydrogen (secondary N) is 1. The summed E-state index contributed by atoms with van der Waals surface area (Å²) in [5.41, 5.74) is 1.77. The molecule has 0 aromatic heterocycles. The lowest BCUT2D eigenvalue weighted by Gasteiger charge is -2.44. The summed E-state index contributed by atoms with van der Waals surface area (Å²) in [7, 11) is 0. The summed E-state index contributed by atoms with van der Waals surface area (Å²) in [6.07, 6.45) is 2.98. The van der Waals surface area contributed by atoms with Crippen LogP contribution in [0.3, 0.4) is 0 Å². The lowest BCUT2D eigenvalue weighted by molar-refractivity contribution is -0.159. The summed E-state index contributed by atoms with van der Waals surface area (Å²) in [5.74, 6) is -0.00239. The van der Waals surface area contributed by atoms with Crippen molar-refractivity contribution in [3.63, 3.8) is 0 Å². The van der Waals surface area contributed by atoms with Crippen LogP contribution in [0.2, 0.25) is 0 Å². The fourth-order valence-corrected chi connectivity index (χ4v) is 4.49. The second-order valence-electron chi connectivity index (χ2n) is 7.84. The van der Waals surface area contributed by atoms with Gasteiger partial charge < -0.3 is 14.8 Å². The molecule has 2 saturated heterocycles. The van der Waals surface area contributed by atoms with E-state index in [1.807, 2.05) is 42.5 Å². The smallest absolute Gasteiger partial charge is 0.238 e. The molecule has 1 N–H and O–H groups in total. The molecule has 2 fully saturated rings. The number of piperidine rings is 1. The zero-order chi connectivity index (χ0) is 20.1. The van der Waals surface area contributed by atoms with E-state index in [0.29, 0.717) is 19.7 Å². The monoisotopic (exact) mass is 458 g/mol. The van der Waals surface area contributed by atoms with Crippen molar-refractivity contribution in [1.29, 1.82) is 0 Å². The third-order valence-corrected chi connectivity index (χ3v) is 6.31. The Bertz CT molecular complexity index is 807. The van der Waals surface area contributed by atoms with Crippen LogP contribution >= 0.6 is 15.9 Å². The molecule has 2 aliphatic rings. The van der Waals surface area contributed by atoms with E-state index in [-0.39, 0.29) is 17.6 Å². The predicted octanol–water partition coefficient (Wildman–Crippen LogP) is 4.23. The minimum atomic E-state index is -0.201. The number of hydrogen-bond donors (Lipinski definition) is 1. The van der Waals surface area contributed by atoms with Crippen LogP contribution in [0.15, 0.2) is 59.1 Å². The zero-order valence-electron chi connectivity index (χ0n) is 16.5. The number of anilines is 1. The van der Waals surface area contributed by atoms with E-state index in [1.165, 1.54) is 0 Å². The van der Waals surface area contributed by atoms with E-state index in [4.69, 9.17) is 9.47 Å². The van der Waals surface area contributed by atoms with Gasteiger partial charge in [-0.05, 0) is 49.1 Å². The first-order valence-electron chi connectivity index (χ1n) is 10.2. The van der Waals surface area contributed by atoms with E-state index in [1.54, 1.807) is 0 Å². The Labute approximate surface area is 180 Å². The second-order valence-corrected chi connectivity index (χ2v) is 8.76. The number of hydrogen-bond acceptors (Lipinski definition) is 4. The molecule has 2 atom stereocenters. The van der Waals surface area contributed by atoms with Gasteiger partial charge in [-0.3, -0.25) is 9.69 Å². The molecule has 154 valence electrons. The highest BCUT2D eigenvalue weighted by Crippen LogP contribution is 2.38. The van der Waals surface area contributed by atoms with Gasteiger partial charge in [0, 0.05) is 29.9 Å². The molecule has 1 spiro atoms. The third kappa shape index (κ3) is 5.25. The van der Waals surface area contributed by atoms with Crippen molar-refractivity contribution < 1.29 is 14.3 Å². The Hall–Kier alpha value is -1.73. The summed E-state index contributed by atoms with van der Waals surface area (Å²) in [4.78, 5) is 14.7. The minimum absolute atomic E-state index is 0.00239. The van der Waals surface area contributed by atoms with Crippen molar-refractivity contribution >= 4 is 27.5 Å². The maximum atomic E-state index is 12.5. The number of benzene rings is 2. The first-order valence-corrected chi connectivity index (χ1v) is 11.0. The highest BCUT2D eigenvalue weighted by atomic mass is 79.9. The van der Waals surface area contributed by atoms with Crippen LogP contribution in [0.4, 0.5) is 5.69 Å². The highest BCUT2D eigenvalue weighted by Gasteiger charge is 2.47. The number of carbonyl (C=O) groups is 1. The molecule has 2 heterocycles. The topological polar surface area (TPSA) is 50.8 Å². The van der Waals surface area contributed by atoms with Gasteiger partial charge in [0.2, 0.25) is 5.91 Å². The van der Waals surface area contributed by atoms with E-state index in [2.05, 4.69) is 38.3 Å². The molecule has 29 heavy (non-hydrogen) atoms. The molecule has 2 aromatic rings. The Balaban J connectivity index is 1.36. The summed E-state index contributed by atoms with van der Waals surface area (Å²) in [5, 5.41) is 2.98. The van der Waals surface area contributed by atoms with Crippen molar-refractivity contribution in [2.24, 2.45) is 0 Å². The van der Waals surface area contributed by atoms with Crippen LogP contribution < -0.4 is 5.32 Å². The van der Waals surface area contributed by atoms with Crippen LogP contribution in [-0.4, -0.2) is 48.8 Å². The number of halogens is 1. The molecule has 4 rings (SSSR count). The normalized spacial score (nSPS) is 24.7. The summed E-state index contributed by atoms with van der Waals surface area (Å²) >= 11 is 3.41. The number of ether oxygens (including phenoxy) is 2. The first-order chi connectivity index (χ1) is 14.1. The van der Waals surface area contributed by atoms with Gasteiger partial charge in [0.1, 0.15) is 0 Å². The van der Waals surface area contributed by atoms with Gasteiger partial charge in [0.25, 0.3) is 0 Å². The molecule has 0 radical (unpaired) electrons. The first kappa shape index (κ1) is 20.5. The number of rotatable bonds is 6. The van der Waals surface area contributed by atoms with Crippen molar-refractivity contribution in [3.05, 3.63) is 64.6 Å². The summed E-state index contributed by atoms with van der Waals surface area (Å²) < 4.78 is 13.5. The van der Waals surface area contributed by atoms with Crippen molar-refractivity contribution in [1.82, 2.24) is 4.90 Å². The quantitative estimate of drug-likeness (QED) is 0.703. The Kier molecular flexibility index (Phi) is 6.65. The molecule has 2 aliphatic heterocycles. The van der Waals surface area contributed by atoms with Gasteiger partial charge in [-0.2, -0.15) is 0 Å². The lowest BCUT2D eigenvalue weighted by atomic mass is 9.85. The van der Waals surface area contributed by atoms with Crippen LogP contribution in [0, 0.1) is 0 Å². The minimum Gasteiger partial charge on any atom is -0.372 e. The summed E-state index contributed by atoms with van der Waals surface area (Å²) in [6.45, 7) is 3.28. The van der Waals surface area contributed by atoms with Gasteiger partial charge in [-0.15, -0.1) is 0 Å². The van der Waals surface area contributed by atoms with E-state index < -0.39 is 0 Å². The average molecular weight is 459 g/mol. The molecule has 5 nitrogen and oxygen atoms in total. The highest BCUT2D eigenvalue weighted by molar-refractivity contribution is 9.10. The molecule has 0 bridgehead atoms. The zero-order valence-corrected chi connectivity index (χ0v) is 18.1. The lowest BCUT2D eigenvalue weighted by Crippen LogP contribution is -2.57. The van der Waals surface area contributed by atoms with E-state index >= 15 is 0 Å². The Morgan fingerprint density at radius 3 is 2.69 bits per heavy atom. The number of likely N-dealkylation sites (tertiary alicyclic amines) is 1. The van der Waals surface area contributed by atoms with Crippen molar-refractivity contribution in [2.75, 3.05) is 31.6 Å². The SMILES string of the molecule is O=C(CN1CC[C@]2(CCCO2)[C@@H](OCc2ccccc2)C1)Nc1ccc(Br)cc1. The molecule has 1 amide bonds. The van der Waals surface area contributed by atoms with E-state index in [0.717, 1.165) is 48.1 Å². The molecular formula is C23H27BrN2O3. The Morgan fingerprint density at radius 1 is 1.17 bits per heavy atom. The van der Waals surface area contributed by atoms with E-state index in [9.17, 15) is 4.79 Å². The Morgan fingerprint density at radius 2 is 1.97 bits per heavy atom. The van der Waals surface area contributed by atoms with Gasteiger partial charge in [-0.1, -0.05) is 46.3 Å². The fraction of sp³-hybridized carbons (Fsp3) is 0.435. The van der Waals surface area contributed by atoms with Crippen LogP contribution in [0.1, 0.15) is 24.8 Å². The molecule has 0 saturated carbocycles. The van der Waals surface area contributed by atoms with Gasteiger partial charge in [0.15, 0.2) is 0 Å². The number of amides is 1. The van der Waals surface area contributed by atoms with Crippen molar-refractivity contribution in [2.45, 2.75) is 37.6 Å². The van der Waals surface area contributed by atoms with Gasteiger partial charge in [-0.25, -0.2) is 0 Å². The number of nitrogens with zero attached hydrogens (tertiary/aromatic N) is 1. The third-order valence-electron chi connectivity index (χ3n) is 5.79. The standard InChI is InChI=1S/C23H27BrN2O3/c24-19-7-9-20(10-8-19)25-22(27)16-26-13-12-23(11-4-14-29-23)21(15-26)28-17-18-5-2-1-3-6-18/h1-3,5-10,21H,4,11-17H2,(H,25,27)/t21-,23+/m0/s1. The maximum Gasteiger partial charge on any atom is 0.238 e. The van der Waals surface area contributed by atoms with Gasteiger partial charge in [0.05, 0.1) is 24.9 Å². The largest absolute Gasteiger partial charge is 0.372 e. The molecule has 2 aromatic carbocycles. The van der Waals surface area contributed by atoms with Crippen LogP contribution in [-0.2, 0) is 20.9 Å². The van der Waals surface area contributed by atoms with Crippen molar-refractivity contribution in [3.8, 4) is 0 Å². The maximum absolute atomic E-state index is 12.5.